The topological polar surface area (TPSA) is 81.8 Å². The summed E-state index contributed by atoms with van der Waals surface area (Å²) < 4.78 is 13.2. The van der Waals surface area contributed by atoms with Gasteiger partial charge in [0, 0.05) is 23.0 Å². The fourth-order valence-electron chi connectivity index (χ4n) is 4.69. The number of aromatic nitrogens is 3. The highest BCUT2D eigenvalue weighted by Gasteiger charge is 2.38. The molecule has 0 radical (unpaired) electrons. The molecule has 7 heteroatoms. The van der Waals surface area contributed by atoms with Crippen LogP contribution < -0.4 is 5.73 Å². The van der Waals surface area contributed by atoms with Gasteiger partial charge in [-0.15, -0.1) is 0 Å². The number of benzene rings is 1. The van der Waals surface area contributed by atoms with E-state index in [1.165, 1.54) is 12.8 Å². The van der Waals surface area contributed by atoms with E-state index in [0.717, 1.165) is 46.9 Å². The molecular formula is C22H21N5O2. The van der Waals surface area contributed by atoms with E-state index >= 15 is 0 Å². The molecule has 0 saturated carbocycles. The standard InChI is InChI=1S/C22H21N5O2/c1-13(27-16-4-5-17(27)12-28-11-16)15-3-7-21-24-9-19(26(21)10-15)14-2-6-20-18(8-14)25-22(23)29-20/h2-3,6-10,16-17H,1,4-5,11-12H2,(H2,23,25). The predicted molar refractivity (Wildman–Crippen MR) is 111 cm³/mol. The molecule has 3 aromatic heterocycles. The van der Waals surface area contributed by atoms with Crippen LogP contribution in [0.4, 0.5) is 6.01 Å². The number of nitrogens with zero attached hydrogens (tertiary/aromatic N) is 4. The number of anilines is 1. The van der Waals surface area contributed by atoms with E-state index in [4.69, 9.17) is 14.9 Å². The molecule has 2 saturated heterocycles. The maximum Gasteiger partial charge on any atom is 0.292 e. The van der Waals surface area contributed by atoms with Gasteiger partial charge in [-0.3, -0.25) is 4.40 Å². The van der Waals surface area contributed by atoms with Crippen molar-refractivity contribution in [2.45, 2.75) is 24.9 Å². The largest absolute Gasteiger partial charge is 0.424 e. The summed E-state index contributed by atoms with van der Waals surface area (Å²) in [5.41, 5.74) is 12.1. The van der Waals surface area contributed by atoms with E-state index < -0.39 is 0 Å². The summed E-state index contributed by atoms with van der Waals surface area (Å²) in [6, 6.07) is 11.0. The van der Waals surface area contributed by atoms with E-state index in [1.807, 2.05) is 30.5 Å². The van der Waals surface area contributed by atoms with Crippen LogP contribution in [-0.4, -0.2) is 44.6 Å². The lowest BCUT2D eigenvalue weighted by Gasteiger charge is -2.37. The number of oxazole rings is 1. The summed E-state index contributed by atoms with van der Waals surface area (Å²) in [4.78, 5) is 11.3. The molecule has 2 unspecified atom stereocenters. The van der Waals surface area contributed by atoms with Crippen LogP contribution in [0.15, 0.2) is 53.7 Å². The zero-order chi connectivity index (χ0) is 19.5. The average Bonchev–Trinajstić information content (AvgIpc) is 3.38. The molecular weight excluding hydrogens is 366 g/mol. The molecule has 2 aliphatic rings. The fraction of sp³-hybridized carbons (Fsp3) is 0.273. The number of imidazole rings is 1. The molecule has 2 atom stereocenters. The normalized spacial score (nSPS) is 21.3. The number of rotatable bonds is 3. The minimum atomic E-state index is 0.175. The monoisotopic (exact) mass is 387 g/mol. The number of morpholine rings is 1. The number of nitrogen functional groups attached to an aromatic ring is 1. The number of fused-ring (bicyclic) bond motifs is 4. The summed E-state index contributed by atoms with van der Waals surface area (Å²) in [7, 11) is 0. The first-order valence-corrected chi connectivity index (χ1v) is 9.86. The Bertz CT molecular complexity index is 1240. The van der Waals surface area contributed by atoms with Gasteiger partial charge in [-0.2, -0.15) is 4.98 Å². The Balaban J connectivity index is 1.42. The van der Waals surface area contributed by atoms with Gasteiger partial charge in [0.2, 0.25) is 0 Å². The predicted octanol–water partition coefficient (Wildman–Crippen LogP) is 3.56. The van der Waals surface area contributed by atoms with Gasteiger partial charge in [0.15, 0.2) is 5.58 Å². The first-order valence-electron chi connectivity index (χ1n) is 9.86. The zero-order valence-electron chi connectivity index (χ0n) is 15.9. The van der Waals surface area contributed by atoms with Crippen molar-refractivity contribution in [2.75, 3.05) is 18.9 Å². The van der Waals surface area contributed by atoms with Gasteiger partial charge in [-0.05, 0) is 43.2 Å². The van der Waals surface area contributed by atoms with Gasteiger partial charge in [-0.1, -0.05) is 6.58 Å². The second-order valence-corrected chi connectivity index (χ2v) is 7.80. The molecule has 2 fully saturated rings. The van der Waals surface area contributed by atoms with Gasteiger partial charge in [-0.25, -0.2) is 4.98 Å². The van der Waals surface area contributed by atoms with E-state index in [-0.39, 0.29) is 6.01 Å². The Morgan fingerprint density at radius 2 is 1.97 bits per heavy atom. The van der Waals surface area contributed by atoms with Crippen LogP contribution in [0, 0.1) is 0 Å². The number of nitrogens with two attached hydrogens (primary N) is 1. The van der Waals surface area contributed by atoms with E-state index in [2.05, 4.69) is 38.1 Å². The quantitative estimate of drug-likeness (QED) is 0.579. The van der Waals surface area contributed by atoms with Gasteiger partial charge in [0.1, 0.15) is 11.2 Å². The molecule has 4 aromatic rings. The Hall–Kier alpha value is -3.32. The Morgan fingerprint density at radius 1 is 1.14 bits per heavy atom. The second-order valence-electron chi connectivity index (χ2n) is 7.80. The molecule has 146 valence electrons. The van der Waals surface area contributed by atoms with Crippen molar-refractivity contribution in [3.8, 4) is 11.3 Å². The molecule has 6 rings (SSSR count). The van der Waals surface area contributed by atoms with Crippen LogP contribution in [0.25, 0.3) is 33.7 Å². The highest BCUT2D eigenvalue weighted by Crippen LogP contribution is 2.36. The summed E-state index contributed by atoms with van der Waals surface area (Å²) >= 11 is 0. The molecule has 5 heterocycles. The zero-order valence-corrected chi connectivity index (χ0v) is 15.9. The Morgan fingerprint density at radius 3 is 2.79 bits per heavy atom. The lowest BCUT2D eigenvalue weighted by atomic mass is 10.1. The molecule has 7 nitrogen and oxygen atoms in total. The smallest absolute Gasteiger partial charge is 0.292 e. The molecule has 1 aromatic carbocycles. The lowest BCUT2D eigenvalue weighted by molar-refractivity contribution is 0.0156. The van der Waals surface area contributed by atoms with Crippen molar-refractivity contribution in [1.29, 1.82) is 0 Å². The molecule has 2 aliphatic heterocycles. The lowest BCUT2D eigenvalue weighted by Crippen LogP contribution is -2.44. The Labute approximate surface area is 167 Å². The first kappa shape index (κ1) is 16.6. The second kappa shape index (κ2) is 6.09. The molecule has 29 heavy (non-hydrogen) atoms. The van der Waals surface area contributed by atoms with Crippen LogP contribution in [0.3, 0.4) is 0 Å². The van der Waals surface area contributed by atoms with E-state index in [9.17, 15) is 0 Å². The molecule has 0 amide bonds. The van der Waals surface area contributed by atoms with Gasteiger partial charge >= 0.3 is 0 Å². The minimum Gasteiger partial charge on any atom is -0.424 e. The van der Waals surface area contributed by atoms with Crippen LogP contribution in [0.1, 0.15) is 18.4 Å². The third-order valence-corrected chi connectivity index (χ3v) is 6.09. The maximum atomic E-state index is 5.72. The fourth-order valence-corrected chi connectivity index (χ4v) is 4.69. The van der Waals surface area contributed by atoms with Crippen molar-refractivity contribution >= 4 is 28.5 Å². The first-order chi connectivity index (χ1) is 14.2. The number of hydrogen-bond donors (Lipinski definition) is 1. The summed E-state index contributed by atoms with van der Waals surface area (Å²) in [6.45, 7) is 6.00. The van der Waals surface area contributed by atoms with Crippen molar-refractivity contribution in [3.05, 3.63) is 54.9 Å². The Kier molecular flexibility index (Phi) is 3.49. The maximum absolute atomic E-state index is 5.72. The average molecular weight is 387 g/mol. The van der Waals surface area contributed by atoms with Crippen molar-refractivity contribution < 1.29 is 9.15 Å². The minimum absolute atomic E-state index is 0.175. The number of ether oxygens (including phenoxy) is 1. The third-order valence-electron chi connectivity index (χ3n) is 6.09. The molecule has 0 spiro atoms. The summed E-state index contributed by atoms with van der Waals surface area (Å²) in [5.74, 6) is 0. The number of pyridine rings is 1. The summed E-state index contributed by atoms with van der Waals surface area (Å²) in [6.07, 6.45) is 6.34. The summed E-state index contributed by atoms with van der Waals surface area (Å²) in [5, 5.41) is 0. The molecule has 2 bridgehead atoms. The van der Waals surface area contributed by atoms with E-state index in [0.29, 0.717) is 17.7 Å². The highest BCUT2D eigenvalue weighted by atomic mass is 16.5. The van der Waals surface area contributed by atoms with Crippen LogP contribution in [-0.2, 0) is 4.74 Å². The van der Waals surface area contributed by atoms with Crippen molar-refractivity contribution in [3.63, 3.8) is 0 Å². The van der Waals surface area contributed by atoms with Crippen LogP contribution >= 0.6 is 0 Å². The van der Waals surface area contributed by atoms with Crippen LogP contribution in [0.2, 0.25) is 0 Å². The molecule has 0 aliphatic carbocycles. The van der Waals surface area contributed by atoms with Crippen molar-refractivity contribution in [2.24, 2.45) is 0 Å². The van der Waals surface area contributed by atoms with Gasteiger partial charge < -0.3 is 19.8 Å². The van der Waals surface area contributed by atoms with Crippen molar-refractivity contribution in [1.82, 2.24) is 19.3 Å². The molecule has 2 N–H and O–H groups in total. The van der Waals surface area contributed by atoms with Gasteiger partial charge in [0.05, 0.1) is 37.2 Å². The van der Waals surface area contributed by atoms with Crippen LogP contribution in [0.5, 0.6) is 0 Å². The van der Waals surface area contributed by atoms with E-state index in [1.54, 1.807) is 0 Å². The number of hydrogen-bond acceptors (Lipinski definition) is 6. The highest BCUT2D eigenvalue weighted by molar-refractivity contribution is 5.81. The SMILES string of the molecule is C=C(c1ccc2ncc(-c3ccc4oc(N)nc4c3)n2c1)N1C2CCC1COC2. The third kappa shape index (κ3) is 2.54. The van der Waals surface area contributed by atoms with Gasteiger partial charge in [0.25, 0.3) is 6.01 Å².